The Morgan fingerprint density at radius 1 is 0.956 bits per heavy atom. The van der Waals surface area contributed by atoms with Gasteiger partial charge in [-0.05, 0) is 90.6 Å². The molecule has 2 unspecified atom stereocenters. The molecule has 1 saturated heterocycles. The number of benzene rings is 2. The number of aliphatic hydroxyl groups is 1. The van der Waals surface area contributed by atoms with Gasteiger partial charge in [0.15, 0.2) is 0 Å². The van der Waals surface area contributed by atoms with Crippen LogP contribution in [0.15, 0.2) is 48.3 Å². The zero-order chi connectivity index (χ0) is 33.3. The summed E-state index contributed by atoms with van der Waals surface area (Å²) in [4.78, 5) is 7.54. The van der Waals surface area contributed by atoms with Crippen LogP contribution in [0.2, 0.25) is 0 Å². The minimum atomic E-state index is -6.03. The van der Waals surface area contributed by atoms with Crippen molar-refractivity contribution < 1.29 is 45.5 Å². The number of anilines is 2. The molecule has 3 aromatic rings. The van der Waals surface area contributed by atoms with E-state index in [0.717, 1.165) is 22.6 Å². The maximum absolute atomic E-state index is 13.7. The quantitative estimate of drug-likeness (QED) is 0.154. The van der Waals surface area contributed by atoms with Crippen LogP contribution in [0.1, 0.15) is 46.1 Å². The van der Waals surface area contributed by atoms with E-state index in [1.165, 1.54) is 0 Å². The molecule has 2 heterocycles. The molecule has 5 N–H and O–H groups in total. The van der Waals surface area contributed by atoms with Gasteiger partial charge in [-0.15, -0.1) is 0 Å². The standard InChI is InChI=1S/C29H30BF6IN4O4/c1-25(2)26(3,4)45-30(44-25)16-7-5-15-10-17(8-6-14(15)9-16)43-20-11-18(20)19(12-27(42,28(31,32)33)29(34,35)36)22(37)21-23(38)40-13-41-24(21)39/h5-10,13,18,20,42H,11-12H2,1-4H3,(H4,38,39,40,41)/b22-19-. The van der Waals surface area contributed by atoms with Crippen molar-refractivity contribution in [1.29, 1.82) is 0 Å². The molecule has 0 bridgehead atoms. The van der Waals surface area contributed by atoms with Crippen molar-refractivity contribution in [3.05, 3.63) is 53.9 Å². The third-order valence-corrected chi connectivity index (χ3v) is 9.85. The maximum Gasteiger partial charge on any atom is 0.494 e. The fourth-order valence-electron chi connectivity index (χ4n) is 5.09. The largest absolute Gasteiger partial charge is 0.494 e. The smallest absolute Gasteiger partial charge is 0.490 e. The number of fused-ring (bicyclic) bond motifs is 1. The summed E-state index contributed by atoms with van der Waals surface area (Å²) in [7, 11) is -0.569. The lowest BCUT2D eigenvalue weighted by Crippen LogP contribution is -2.57. The first kappa shape index (κ1) is 33.5. The molecule has 45 heavy (non-hydrogen) atoms. The Bertz CT molecular complexity index is 1620. The summed E-state index contributed by atoms with van der Waals surface area (Å²) in [5, 5.41) is 11.7. The van der Waals surface area contributed by atoms with Crippen molar-refractivity contribution in [2.45, 2.75) is 75.8 Å². The Kier molecular flexibility index (Phi) is 8.32. The van der Waals surface area contributed by atoms with Crippen LogP contribution in [0.4, 0.5) is 38.0 Å². The molecular weight excluding hydrogens is 720 g/mol. The lowest BCUT2D eigenvalue weighted by Gasteiger charge is -2.33. The molecule has 0 spiro atoms. The summed E-state index contributed by atoms with van der Waals surface area (Å²) in [5.74, 6) is -1.04. The minimum absolute atomic E-state index is 0.0834. The zero-order valence-electron chi connectivity index (χ0n) is 24.6. The normalized spacial score (nSPS) is 22.0. The van der Waals surface area contributed by atoms with Gasteiger partial charge in [0.1, 0.15) is 29.8 Å². The second-order valence-corrected chi connectivity index (χ2v) is 13.3. The van der Waals surface area contributed by atoms with Crippen LogP contribution >= 0.6 is 22.6 Å². The number of alkyl halides is 6. The van der Waals surface area contributed by atoms with E-state index < -0.39 is 54.7 Å². The fourth-order valence-corrected chi connectivity index (χ4v) is 6.24. The highest BCUT2D eigenvalue weighted by Crippen LogP contribution is 2.54. The average molecular weight is 750 g/mol. The van der Waals surface area contributed by atoms with Crippen molar-refractivity contribution >= 4 is 61.2 Å². The molecule has 0 radical (unpaired) electrons. The average Bonchev–Trinajstić information content (AvgIpc) is 3.62. The lowest BCUT2D eigenvalue weighted by molar-refractivity contribution is -0.367. The zero-order valence-corrected chi connectivity index (χ0v) is 26.7. The SMILES string of the molecule is CC1(C)OB(c2ccc3cc(OC4CC4/C(CC(O)(C(F)(F)F)C(F)(F)F)=C(\I)c4c(N)ncnc4N)ccc3c2)OC1(C)C. The fraction of sp³-hybridized carbons (Fsp3) is 0.448. The number of halogens is 7. The molecule has 2 fully saturated rings. The second kappa shape index (κ2) is 11.2. The highest BCUT2D eigenvalue weighted by Gasteiger charge is 2.71. The van der Waals surface area contributed by atoms with Crippen LogP contribution in [0.5, 0.6) is 5.75 Å². The Balaban J connectivity index is 1.43. The molecule has 0 amide bonds. The van der Waals surface area contributed by atoms with Crippen LogP contribution in [0.3, 0.4) is 0 Å². The Morgan fingerprint density at radius 2 is 1.49 bits per heavy atom. The van der Waals surface area contributed by atoms with Crippen LogP contribution in [0, 0.1) is 5.92 Å². The van der Waals surface area contributed by atoms with Gasteiger partial charge in [0, 0.05) is 15.9 Å². The monoisotopic (exact) mass is 750 g/mol. The number of hydrogen-bond donors (Lipinski definition) is 3. The number of nitrogens with zero attached hydrogens (tertiary/aromatic N) is 2. The summed E-state index contributed by atoms with van der Waals surface area (Å²) in [6.45, 7) is 7.81. The Morgan fingerprint density at radius 3 is 2.04 bits per heavy atom. The van der Waals surface area contributed by atoms with Gasteiger partial charge >= 0.3 is 19.5 Å². The van der Waals surface area contributed by atoms with Gasteiger partial charge in [-0.25, -0.2) is 9.97 Å². The predicted octanol–water partition coefficient (Wildman–Crippen LogP) is 5.95. The summed E-state index contributed by atoms with van der Waals surface area (Å²) >= 11 is 1.57. The van der Waals surface area contributed by atoms with E-state index in [1.54, 1.807) is 40.8 Å². The summed E-state index contributed by atoms with van der Waals surface area (Å²) in [5.41, 5.74) is 6.01. The lowest BCUT2D eigenvalue weighted by atomic mass is 9.78. The third-order valence-electron chi connectivity index (χ3n) is 8.62. The molecular formula is C29H30BF6IN4O4. The maximum atomic E-state index is 13.7. The molecule has 5 rings (SSSR count). The van der Waals surface area contributed by atoms with E-state index in [9.17, 15) is 31.4 Å². The molecule has 1 aliphatic carbocycles. The van der Waals surface area contributed by atoms with Gasteiger partial charge in [-0.1, -0.05) is 24.3 Å². The molecule has 8 nitrogen and oxygen atoms in total. The van der Waals surface area contributed by atoms with E-state index in [4.69, 9.17) is 25.5 Å². The van der Waals surface area contributed by atoms with Crippen molar-refractivity contribution in [2.75, 3.05) is 11.5 Å². The third kappa shape index (κ3) is 6.17. The molecule has 2 aromatic carbocycles. The van der Waals surface area contributed by atoms with Gasteiger partial charge < -0.3 is 30.6 Å². The van der Waals surface area contributed by atoms with Crippen molar-refractivity contribution in [2.24, 2.45) is 5.92 Å². The number of hydrogen-bond acceptors (Lipinski definition) is 8. The van der Waals surface area contributed by atoms with Gasteiger partial charge in [0.05, 0.1) is 16.8 Å². The predicted molar refractivity (Wildman–Crippen MR) is 166 cm³/mol. The van der Waals surface area contributed by atoms with E-state index in [1.807, 2.05) is 45.9 Å². The van der Waals surface area contributed by atoms with Gasteiger partial charge in [0.25, 0.3) is 5.60 Å². The van der Waals surface area contributed by atoms with Crippen molar-refractivity contribution in [1.82, 2.24) is 9.97 Å². The number of ether oxygens (including phenoxy) is 1. The number of nitrogen functional groups attached to an aromatic ring is 2. The number of aromatic nitrogens is 2. The van der Waals surface area contributed by atoms with E-state index >= 15 is 0 Å². The van der Waals surface area contributed by atoms with Crippen LogP contribution in [0.25, 0.3) is 14.4 Å². The van der Waals surface area contributed by atoms with Crippen LogP contribution in [-0.4, -0.2) is 57.5 Å². The number of nitrogens with two attached hydrogens (primary N) is 2. The number of rotatable bonds is 7. The topological polar surface area (TPSA) is 126 Å². The highest BCUT2D eigenvalue weighted by molar-refractivity contribution is 14.1. The van der Waals surface area contributed by atoms with E-state index in [2.05, 4.69) is 9.97 Å². The summed E-state index contributed by atoms with van der Waals surface area (Å²) in [6, 6.07) is 10.8. The first-order valence-corrected chi connectivity index (χ1v) is 14.9. The Labute approximate surface area is 268 Å². The molecule has 1 aliphatic heterocycles. The van der Waals surface area contributed by atoms with Crippen molar-refractivity contribution in [3.8, 4) is 5.75 Å². The summed E-state index contributed by atoms with van der Waals surface area (Å²) in [6.07, 6.45) is -13.6. The molecule has 2 atom stereocenters. The summed E-state index contributed by atoms with van der Waals surface area (Å²) < 4.78 is 101. The first-order chi connectivity index (χ1) is 20.6. The second-order valence-electron chi connectivity index (χ2n) is 12.2. The molecule has 16 heteroatoms. The van der Waals surface area contributed by atoms with Gasteiger partial charge in [-0.3, -0.25) is 0 Å². The minimum Gasteiger partial charge on any atom is -0.490 e. The van der Waals surface area contributed by atoms with E-state index in [0.29, 0.717) is 5.75 Å². The van der Waals surface area contributed by atoms with Crippen molar-refractivity contribution in [3.63, 3.8) is 0 Å². The van der Waals surface area contributed by atoms with Crippen LogP contribution < -0.4 is 21.7 Å². The van der Waals surface area contributed by atoms with Gasteiger partial charge in [-0.2, -0.15) is 26.3 Å². The van der Waals surface area contributed by atoms with E-state index in [-0.39, 0.29) is 32.8 Å². The molecule has 1 aromatic heterocycles. The first-order valence-electron chi connectivity index (χ1n) is 13.8. The van der Waals surface area contributed by atoms with Gasteiger partial charge in [0.2, 0.25) is 0 Å². The molecule has 242 valence electrons. The Hall–Kier alpha value is -2.83. The molecule has 1 saturated carbocycles. The van der Waals surface area contributed by atoms with Crippen LogP contribution in [-0.2, 0) is 9.31 Å². The molecule has 2 aliphatic rings. The highest BCUT2D eigenvalue weighted by atomic mass is 127.